The fraction of sp³-hybridized carbons (Fsp3) is 0.364. The lowest BCUT2D eigenvalue weighted by Crippen LogP contribution is -2.50. The van der Waals surface area contributed by atoms with E-state index in [2.05, 4.69) is 4.74 Å². The zero-order valence-corrected chi connectivity index (χ0v) is 19.6. The molecule has 11 heteroatoms. The molecule has 1 aliphatic heterocycles. The summed E-state index contributed by atoms with van der Waals surface area (Å²) in [5.41, 5.74) is 1.75. The van der Waals surface area contributed by atoms with E-state index in [0.717, 1.165) is 24.8 Å². The quantitative estimate of drug-likeness (QED) is 0.369. The van der Waals surface area contributed by atoms with Crippen molar-refractivity contribution in [3.63, 3.8) is 0 Å². The van der Waals surface area contributed by atoms with E-state index in [0.29, 0.717) is 11.1 Å². The van der Waals surface area contributed by atoms with Crippen LogP contribution in [-0.2, 0) is 14.8 Å². The molecule has 0 unspecified atom stereocenters. The summed E-state index contributed by atoms with van der Waals surface area (Å²) in [4.78, 5) is 37.1. The van der Waals surface area contributed by atoms with Crippen molar-refractivity contribution in [2.24, 2.45) is 0 Å². The van der Waals surface area contributed by atoms with Crippen molar-refractivity contribution >= 4 is 27.6 Å². The van der Waals surface area contributed by atoms with Gasteiger partial charge in [0.1, 0.15) is 0 Å². The molecule has 0 aromatic heterocycles. The fourth-order valence-electron chi connectivity index (χ4n) is 4.09. The number of amides is 1. The van der Waals surface area contributed by atoms with Gasteiger partial charge in [0.25, 0.3) is 11.6 Å². The number of aryl methyl sites for hydroxylation is 3. The summed E-state index contributed by atoms with van der Waals surface area (Å²) in [6, 6.07) is 7.02. The van der Waals surface area contributed by atoms with E-state index in [1.54, 1.807) is 13.8 Å². The molecule has 1 amide bonds. The Hall–Kier alpha value is -3.31. The van der Waals surface area contributed by atoms with Crippen LogP contribution in [-0.4, -0.2) is 67.7 Å². The highest BCUT2D eigenvalue weighted by Gasteiger charge is 2.33. The number of nitrogens with zero attached hydrogens (tertiary/aromatic N) is 3. The topological polar surface area (TPSA) is 127 Å². The molecule has 1 aliphatic rings. The van der Waals surface area contributed by atoms with Gasteiger partial charge in [-0.1, -0.05) is 17.7 Å². The van der Waals surface area contributed by atoms with Gasteiger partial charge in [-0.05, 0) is 38.0 Å². The van der Waals surface area contributed by atoms with E-state index in [4.69, 9.17) is 0 Å². The van der Waals surface area contributed by atoms with Crippen LogP contribution in [0.4, 0.5) is 5.69 Å². The number of sulfonamides is 1. The second-order valence-corrected chi connectivity index (χ2v) is 9.82. The highest BCUT2D eigenvalue weighted by atomic mass is 32.2. The molecule has 1 saturated heterocycles. The Bertz CT molecular complexity index is 1210. The highest BCUT2D eigenvalue weighted by molar-refractivity contribution is 7.89. The zero-order valence-electron chi connectivity index (χ0n) is 18.8. The molecule has 0 bridgehead atoms. The number of hydrogen-bond donors (Lipinski definition) is 0. The second-order valence-electron chi connectivity index (χ2n) is 7.94. The van der Waals surface area contributed by atoms with Crippen molar-refractivity contribution in [3.05, 3.63) is 68.3 Å². The summed E-state index contributed by atoms with van der Waals surface area (Å²) >= 11 is 0. The predicted molar refractivity (Wildman–Crippen MR) is 120 cm³/mol. The SMILES string of the molecule is COC(=O)c1cc(C(=O)N2CCN(S(=O)(=O)c3c(C)cc(C)cc3C)CC2)cc([N+](=O)[O-])c1. The third-order valence-electron chi connectivity index (χ3n) is 5.53. The summed E-state index contributed by atoms with van der Waals surface area (Å²) in [6.07, 6.45) is 0. The molecule has 1 heterocycles. The molecule has 33 heavy (non-hydrogen) atoms. The summed E-state index contributed by atoms with van der Waals surface area (Å²) in [6.45, 7) is 5.80. The van der Waals surface area contributed by atoms with Gasteiger partial charge >= 0.3 is 5.97 Å². The van der Waals surface area contributed by atoms with Crippen LogP contribution >= 0.6 is 0 Å². The summed E-state index contributed by atoms with van der Waals surface area (Å²) in [7, 11) is -2.61. The van der Waals surface area contributed by atoms with Crippen molar-refractivity contribution in [2.75, 3.05) is 33.3 Å². The van der Waals surface area contributed by atoms with Crippen molar-refractivity contribution in [2.45, 2.75) is 25.7 Å². The number of piperazine rings is 1. The average molecular weight is 476 g/mol. The van der Waals surface area contributed by atoms with Gasteiger partial charge in [0.15, 0.2) is 0 Å². The second kappa shape index (κ2) is 9.28. The van der Waals surface area contributed by atoms with Crippen LogP contribution in [0.5, 0.6) is 0 Å². The van der Waals surface area contributed by atoms with E-state index >= 15 is 0 Å². The number of nitro groups is 1. The summed E-state index contributed by atoms with van der Waals surface area (Å²) in [5.74, 6) is -1.32. The van der Waals surface area contributed by atoms with Gasteiger partial charge in [-0.25, -0.2) is 13.2 Å². The van der Waals surface area contributed by atoms with Gasteiger partial charge < -0.3 is 9.64 Å². The number of nitro benzene ring substituents is 1. The maximum absolute atomic E-state index is 13.3. The lowest BCUT2D eigenvalue weighted by atomic mass is 10.1. The summed E-state index contributed by atoms with van der Waals surface area (Å²) < 4.78 is 32.5. The van der Waals surface area contributed by atoms with E-state index in [9.17, 15) is 28.1 Å². The number of methoxy groups -OCH3 is 1. The van der Waals surface area contributed by atoms with Crippen molar-refractivity contribution in [1.29, 1.82) is 0 Å². The molecule has 176 valence electrons. The average Bonchev–Trinajstić information content (AvgIpc) is 2.76. The molecule has 0 spiro atoms. The van der Waals surface area contributed by atoms with Crippen LogP contribution in [0.1, 0.15) is 37.4 Å². The van der Waals surface area contributed by atoms with E-state index in [1.807, 2.05) is 19.1 Å². The Morgan fingerprint density at radius 1 is 0.939 bits per heavy atom. The number of ether oxygens (including phenoxy) is 1. The van der Waals surface area contributed by atoms with Crippen LogP contribution in [0.3, 0.4) is 0 Å². The maximum Gasteiger partial charge on any atom is 0.338 e. The first-order valence-electron chi connectivity index (χ1n) is 10.2. The monoisotopic (exact) mass is 475 g/mol. The Morgan fingerprint density at radius 2 is 1.48 bits per heavy atom. The maximum atomic E-state index is 13.3. The number of carbonyl (C=O) groups is 2. The first kappa shape index (κ1) is 24.3. The minimum Gasteiger partial charge on any atom is -0.465 e. The largest absolute Gasteiger partial charge is 0.465 e. The van der Waals surface area contributed by atoms with Gasteiger partial charge in [-0.15, -0.1) is 0 Å². The normalized spacial score (nSPS) is 14.7. The first-order valence-corrected chi connectivity index (χ1v) is 11.6. The molecule has 10 nitrogen and oxygen atoms in total. The molecule has 1 fully saturated rings. The Balaban J connectivity index is 1.82. The third kappa shape index (κ3) is 4.88. The van der Waals surface area contributed by atoms with E-state index in [1.165, 1.54) is 15.3 Å². The van der Waals surface area contributed by atoms with Crippen LogP contribution in [0.15, 0.2) is 35.2 Å². The highest BCUT2D eigenvalue weighted by Crippen LogP contribution is 2.27. The smallest absolute Gasteiger partial charge is 0.338 e. The molecule has 0 saturated carbocycles. The molecule has 0 radical (unpaired) electrons. The lowest BCUT2D eigenvalue weighted by molar-refractivity contribution is -0.384. The number of esters is 1. The zero-order chi connectivity index (χ0) is 24.5. The molecule has 3 rings (SSSR count). The van der Waals surface area contributed by atoms with Crippen LogP contribution in [0.25, 0.3) is 0 Å². The van der Waals surface area contributed by atoms with E-state index < -0.39 is 32.5 Å². The molecule has 2 aromatic carbocycles. The predicted octanol–water partition coefficient (Wildman–Crippen LogP) is 2.45. The Kier molecular flexibility index (Phi) is 6.84. The first-order chi connectivity index (χ1) is 15.4. The van der Waals surface area contributed by atoms with Gasteiger partial charge in [0.2, 0.25) is 10.0 Å². The van der Waals surface area contributed by atoms with Crippen LogP contribution in [0, 0.1) is 30.9 Å². The summed E-state index contributed by atoms with van der Waals surface area (Å²) in [5, 5.41) is 11.2. The van der Waals surface area contributed by atoms with Gasteiger partial charge in [-0.3, -0.25) is 14.9 Å². The van der Waals surface area contributed by atoms with E-state index in [-0.39, 0.29) is 42.2 Å². The molecule has 0 N–H and O–H groups in total. The number of benzene rings is 2. The van der Waals surface area contributed by atoms with Gasteiger partial charge in [-0.2, -0.15) is 4.31 Å². The van der Waals surface area contributed by atoms with Gasteiger partial charge in [0.05, 0.1) is 22.5 Å². The Morgan fingerprint density at radius 3 is 2.00 bits per heavy atom. The van der Waals surface area contributed by atoms with Crippen molar-refractivity contribution in [1.82, 2.24) is 9.21 Å². The van der Waals surface area contributed by atoms with Crippen LogP contribution in [0.2, 0.25) is 0 Å². The standard InChI is InChI=1S/C22H25N3O7S/c1-14-9-15(2)20(16(3)10-14)33(30,31)24-7-5-23(6-8-24)21(26)17-11-18(22(27)32-4)13-19(12-17)25(28)29/h9-13H,5-8H2,1-4H3. The number of carbonyl (C=O) groups excluding carboxylic acids is 2. The van der Waals surface area contributed by atoms with Crippen molar-refractivity contribution in [3.8, 4) is 0 Å². The Labute approximate surface area is 192 Å². The molecule has 2 aromatic rings. The number of non-ortho nitro benzene ring substituents is 1. The lowest BCUT2D eigenvalue weighted by Gasteiger charge is -2.34. The molecular formula is C22H25N3O7S. The minimum atomic E-state index is -3.75. The van der Waals surface area contributed by atoms with Crippen LogP contribution < -0.4 is 0 Å². The minimum absolute atomic E-state index is 0.0360. The number of rotatable bonds is 5. The molecule has 0 atom stereocenters. The third-order valence-corrected chi connectivity index (χ3v) is 7.73. The van der Waals surface area contributed by atoms with Crippen molar-refractivity contribution < 1.29 is 27.7 Å². The van der Waals surface area contributed by atoms with Gasteiger partial charge in [0, 0.05) is 43.9 Å². The molecular weight excluding hydrogens is 450 g/mol. The molecule has 0 aliphatic carbocycles. The fourth-order valence-corrected chi connectivity index (χ4v) is 5.93. The number of hydrogen-bond acceptors (Lipinski definition) is 7.